The summed E-state index contributed by atoms with van der Waals surface area (Å²) >= 11 is 7.48. The van der Waals surface area contributed by atoms with Crippen LogP contribution < -0.4 is 10.2 Å². The standard InChI is InChI=1S/C20H23ClN4O3S/c1-13-12-29-19(22-13)25(15-7-5-14(21)6-8-15)16(26)11-24-17(27)20(23-18(24)28)9-3-2-4-10-20/h5-8,13H,2-4,9-12H2,1H3,(H,23,28). The van der Waals surface area contributed by atoms with Crippen molar-refractivity contribution < 1.29 is 14.4 Å². The normalized spacial score (nSPS) is 23.3. The van der Waals surface area contributed by atoms with Gasteiger partial charge in [0.2, 0.25) is 0 Å². The molecule has 4 rings (SSSR count). The van der Waals surface area contributed by atoms with E-state index in [2.05, 4.69) is 10.3 Å². The number of aliphatic imine (C=N–C) groups is 1. The third-order valence-corrected chi connectivity index (χ3v) is 7.00. The zero-order valence-corrected chi connectivity index (χ0v) is 17.8. The molecule has 0 bridgehead atoms. The van der Waals surface area contributed by atoms with Crippen LogP contribution in [0.4, 0.5) is 10.5 Å². The summed E-state index contributed by atoms with van der Waals surface area (Å²) in [5.74, 6) is 0.115. The fourth-order valence-electron chi connectivity index (χ4n) is 4.05. The second kappa shape index (κ2) is 7.99. The monoisotopic (exact) mass is 434 g/mol. The van der Waals surface area contributed by atoms with E-state index in [-0.39, 0.29) is 24.4 Å². The molecule has 7 nitrogen and oxygen atoms in total. The van der Waals surface area contributed by atoms with Crippen LogP contribution in [0.5, 0.6) is 0 Å². The minimum atomic E-state index is -0.838. The summed E-state index contributed by atoms with van der Waals surface area (Å²) in [6.45, 7) is 1.66. The molecule has 0 aromatic heterocycles. The Morgan fingerprint density at radius 1 is 1.28 bits per heavy atom. The maximum atomic E-state index is 13.3. The van der Waals surface area contributed by atoms with Crippen LogP contribution in [0.1, 0.15) is 39.0 Å². The van der Waals surface area contributed by atoms with Gasteiger partial charge in [-0.15, -0.1) is 0 Å². The van der Waals surface area contributed by atoms with Gasteiger partial charge in [0.1, 0.15) is 12.1 Å². The molecule has 1 saturated carbocycles. The van der Waals surface area contributed by atoms with Crippen molar-refractivity contribution in [3.63, 3.8) is 0 Å². The molecular formula is C20H23ClN4O3S. The molecule has 2 heterocycles. The number of halogens is 1. The summed E-state index contributed by atoms with van der Waals surface area (Å²) in [4.78, 5) is 45.9. The highest BCUT2D eigenvalue weighted by molar-refractivity contribution is 8.14. The lowest BCUT2D eigenvalue weighted by Crippen LogP contribution is -2.49. The first-order valence-corrected chi connectivity index (χ1v) is 11.2. The topological polar surface area (TPSA) is 82.1 Å². The largest absolute Gasteiger partial charge is 0.325 e. The Morgan fingerprint density at radius 3 is 2.59 bits per heavy atom. The van der Waals surface area contributed by atoms with Gasteiger partial charge in [-0.3, -0.25) is 24.4 Å². The molecule has 0 radical (unpaired) electrons. The van der Waals surface area contributed by atoms with E-state index in [1.54, 1.807) is 24.3 Å². The van der Waals surface area contributed by atoms with E-state index in [0.29, 0.717) is 28.7 Å². The van der Waals surface area contributed by atoms with Gasteiger partial charge >= 0.3 is 6.03 Å². The number of amidine groups is 1. The van der Waals surface area contributed by atoms with Crippen molar-refractivity contribution in [1.82, 2.24) is 10.2 Å². The minimum absolute atomic E-state index is 0.0971. The first-order valence-electron chi connectivity index (χ1n) is 9.83. The highest BCUT2D eigenvalue weighted by Gasteiger charge is 2.52. The second-order valence-corrected chi connectivity index (χ2v) is 9.17. The Bertz CT molecular complexity index is 867. The zero-order chi connectivity index (χ0) is 20.6. The Balaban J connectivity index is 1.58. The van der Waals surface area contributed by atoms with Crippen LogP contribution in [-0.4, -0.2) is 51.8 Å². The number of carbonyl (C=O) groups is 3. The highest BCUT2D eigenvalue weighted by atomic mass is 35.5. The van der Waals surface area contributed by atoms with Crippen molar-refractivity contribution in [3.05, 3.63) is 29.3 Å². The van der Waals surface area contributed by atoms with Crippen LogP contribution in [0, 0.1) is 0 Å². The number of hydrogen-bond donors (Lipinski definition) is 1. The number of anilines is 1. The number of thioether (sulfide) groups is 1. The maximum Gasteiger partial charge on any atom is 0.325 e. The van der Waals surface area contributed by atoms with Gasteiger partial charge < -0.3 is 5.32 Å². The maximum absolute atomic E-state index is 13.3. The summed E-state index contributed by atoms with van der Waals surface area (Å²) in [5, 5.41) is 3.98. The number of carbonyl (C=O) groups excluding carboxylic acids is 3. The average Bonchev–Trinajstić information content (AvgIpc) is 3.21. The Hall–Kier alpha value is -2.06. The van der Waals surface area contributed by atoms with Gasteiger partial charge in [0, 0.05) is 10.8 Å². The van der Waals surface area contributed by atoms with Crippen molar-refractivity contribution in [1.29, 1.82) is 0 Å². The van der Waals surface area contributed by atoms with Crippen LogP contribution in [0.2, 0.25) is 5.02 Å². The molecule has 1 aromatic rings. The zero-order valence-electron chi connectivity index (χ0n) is 16.2. The quantitative estimate of drug-likeness (QED) is 0.739. The molecule has 9 heteroatoms. The second-order valence-electron chi connectivity index (χ2n) is 7.74. The number of urea groups is 1. The molecule has 2 fully saturated rings. The first-order chi connectivity index (χ1) is 13.9. The van der Waals surface area contributed by atoms with Gasteiger partial charge in [-0.2, -0.15) is 0 Å². The molecule has 1 N–H and O–H groups in total. The Labute approximate surface area is 178 Å². The number of nitrogens with one attached hydrogen (secondary N) is 1. The number of nitrogens with zero attached hydrogens (tertiary/aromatic N) is 3. The smallest absolute Gasteiger partial charge is 0.323 e. The predicted octanol–water partition coefficient (Wildman–Crippen LogP) is 3.42. The lowest BCUT2D eigenvalue weighted by atomic mass is 9.82. The van der Waals surface area contributed by atoms with Crippen molar-refractivity contribution in [2.24, 2.45) is 4.99 Å². The van der Waals surface area contributed by atoms with Crippen LogP contribution in [-0.2, 0) is 9.59 Å². The van der Waals surface area contributed by atoms with Gasteiger partial charge in [0.15, 0.2) is 5.17 Å². The summed E-state index contributed by atoms with van der Waals surface area (Å²) in [5.41, 5.74) is -0.228. The Morgan fingerprint density at radius 2 is 1.97 bits per heavy atom. The van der Waals surface area contributed by atoms with E-state index in [1.807, 2.05) is 6.92 Å². The van der Waals surface area contributed by atoms with Crippen LogP contribution >= 0.6 is 23.4 Å². The van der Waals surface area contributed by atoms with Gasteiger partial charge in [0.05, 0.1) is 11.7 Å². The third kappa shape index (κ3) is 3.88. The molecular weight excluding hydrogens is 412 g/mol. The molecule has 1 unspecified atom stereocenters. The van der Waals surface area contributed by atoms with Crippen molar-refractivity contribution in [3.8, 4) is 0 Å². The lowest BCUT2D eigenvalue weighted by Gasteiger charge is -2.30. The highest BCUT2D eigenvalue weighted by Crippen LogP contribution is 2.34. The molecule has 1 saturated heterocycles. The SMILES string of the molecule is CC1CSC(N(C(=O)CN2C(=O)NC3(CCCCC3)C2=O)c2ccc(Cl)cc2)=N1. The lowest BCUT2D eigenvalue weighted by molar-refractivity contribution is -0.135. The van der Waals surface area contributed by atoms with E-state index < -0.39 is 11.6 Å². The average molecular weight is 435 g/mol. The van der Waals surface area contributed by atoms with Gasteiger partial charge in [-0.05, 0) is 44.0 Å². The number of amides is 4. The molecule has 29 heavy (non-hydrogen) atoms. The molecule has 154 valence electrons. The number of imide groups is 1. The van der Waals surface area contributed by atoms with Crippen molar-refractivity contribution >= 4 is 52.1 Å². The van der Waals surface area contributed by atoms with E-state index in [4.69, 9.17) is 11.6 Å². The molecule has 1 spiro atoms. The van der Waals surface area contributed by atoms with E-state index in [0.717, 1.165) is 29.9 Å². The van der Waals surface area contributed by atoms with Gasteiger partial charge in [-0.25, -0.2) is 4.79 Å². The van der Waals surface area contributed by atoms with Crippen LogP contribution in [0.25, 0.3) is 0 Å². The van der Waals surface area contributed by atoms with E-state index >= 15 is 0 Å². The summed E-state index contributed by atoms with van der Waals surface area (Å²) in [6, 6.07) is 6.48. The van der Waals surface area contributed by atoms with E-state index in [1.165, 1.54) is 16.7 Å². The first kappa shape index (κ1) is 20.2. The van der Waals surface area contributed by atoms with Gasteiger partial charge in [0.25, 0.3) is 11.8 Å². The fourth-order valence-corrected chi connectivity index (χ4v) is 5.23. The van der Waals surface area contributed by atoms with Gasteiger partial charge in [-0.1, -0.05) is 42.6 Å². The molecule has 1 atom stereocenters. The summed E-state index contributed by atoms with van der Waals surface area (Å²) in [7, 11) is 0. The van der Waals surface area contributed by atoms with Crippen molar-refractivity contribution in [2.45, 2.75) is 50.6 Å². The number of rotatable bonds is 3. The third-order valence-electron chi connectivity index (χ3n) is 5.56. The molecule has 1 aromatic carbocycles. The van der Waals surface area contributed by atoms with Crippen LogP contribution in [0.3, 0.4) is 0 Å². The number of benzene rings is 1. The van der Waals surface area contributed by atoms with Crippen molar-refractivity contribution in [2.75, 3.05) is 17.2 Å². The minimum Gasteiger partial charge on any atom is -0.323 e. The van der Waals surface area contributed by atoms with Crippen LogP contribution in [0.15, 0.2) is 29.3 Å². The fraction of sp³-hybridized carbons (Fsp3) is 0.500. The summed E-state index contributed by atoms with van der Waals surface area (Å²) < 4.78 is 0. The molecule has 3 aliphatic rings. The number of hydrogen-bond acceptors (Lipinski definition) is 5. The molecule has 4 amide bonds. The molecule has 1 aliphatic carbocycles. The summed E-state index contributed by atoms with van der Waals surface area (Å²) in [6.07, 6.45) is 4.11. The van der Waals surface area contributed by atoms with E-state index in [9.17, 15) is 14.4 Å². The Kier molecular flexibility index (Phi) is 5.57. The predicted molar refractivity (Wildman–Crippen MR) is 114 cm³/mol. The molecule has 2 aliphatic heterocycles.